The predicted molar refractivity (Wildman–Crippen MR) is 69.3 cm³/mol. The summed E-state index contributed by atoms with van der Waals surface area (Å²) in [7, 11) is 3.15. The van der Waals surface area contributed by atoms with Crippen molar-refractivity contribution in [2.75, 3.05) is 32.6 Å². The van der Waals surface area contributed by atoms with Gasteiger partial charge in [-0.1, -0.05) is 0 Å². The average Bonchev–Trinajstić information content (AvgIpc) is 2.91. The van der Waals surface area contributed by atoms with E-state index in [-0.39, 0.29) is 0 Å². The van der Waals surface area contributed by atoms with Crippen LogP contribution in [0.2, 0.25) is 0 Å². The van der Waals surface area contributed by atoms with E-state index in [1.165, 1.54) is 12.8 Å². The number of nitrogens with zero attached hydrogens (tertiary/aromatic N) is 2. The second kappa shape index (κ2) is 6.39. The molecule has 0 aromatic carbocycles. The zero-order valence-electron chi connectivity index (χ0n) is 10.9. The molecule has 0 aliphatic carbocycles. The first-order valence-corrected chi connectivity index (χ1v) is 6.26. The predicted octanol–water partition coefficient (Wildman–Crippen LogP) is 1.05. The molecule has 1 aromatic heterocycles. The van der Waals surface area contributed by atoms with Gasteiger partial charge in [0.2, 0.25) is 17.7 Å². The summed E-state index contributed by atoms with van der Waals surface area (Å²) in [4.78, 5) is 8.44. The Morgan fingerprint density at radius 2 is 2.06 bits per heavy atom. The zero-order chi connectivity index (χ0) is 12.8. The molecule has 2 heterocycles. The maximum absolute atomic E-state index is 5.09. The van der Waals surface area contributed by atoms with Crippen molar-refractivity contribution in [1.82, 2.24) is 15.3 Å². The lowest BCUT2D eigenvalue weighted by Gasteiger charge is -2.11. The van der Waals surface area contributed by atoms with Gasteiger partial charge in [-0.2, -0.15) is 9.97 Å². The number of methoxy groups -OCH3 is 2. The Morgan fingerprint density at radius 3 is 2.61 bits per heavy atom. The van der Waals surface area contributed by atoms with Gasteiger partial charge in [-0.25, -0.2) is 0 Å². The quantitative estimate of drug-likeness (QED) is 0.788. The van der Waals surface area contributed by atoms with Gasteiger partial charge in [-0.15, -0.1) is 0 Å². The van der Waals surface area contributed by atoms with Crippen molar-refractivity contribution in [2.24, 2.45) is 0 Å². The van der Waals surface area contributed by atoms with E-state index in [0.717, 1.165) is 19.5 Å². The van der Waals surface area contributed by atoms with Crippen LogP contribution in [0.25, 0.3) is 0 Å². The van der Waals surface area contributed by atoms with Gasteiger partial charge in [0.05, 0.1) is 20.3 Å². The number of nitrogens with one attached hydrogen (secondary N) is 2. The Bertz CT molecular complexity index is 358. The van der Waals surface area contributed by atoms with Crippen molar-refractivity contribution >= 4 is 5.95 Å². The normalized spacial score (nSPS) is 18.7. The summed E-state index contributed by atoms with van der Waals surface area (Å²) in [5.74, 6) is 1.55. The molecule has 1 aliphatic rings. The smallest absolute Gasteiger partial charge is 0.229 e. The standard InChI is InChI=1S/C12H20N4O2/c1-17-10-8-11(18-2)16-12(15-10)14-7-5-9-4-3-6-13-9/h8-9,13H,3-7H2,1-2H3,(H,14,15,16)/t9-/m0/s1. The van der Waals surface area contributed by atoms with Gasteiger partial charge >= 0.3 is 0 Å². The van der Waals surface area contributed by atoms with Gasteiger partial charge in [0.1, 0.15) is 0 Å². The molecule has 6 nitrogen and oxygen atoms in total. The highest BCUT2D eigenvalue weighted by Crippen LogP contribution is 2.17. The van der Waals surface area contributed by atoms with Gasteiger partial charge in [0.15, 0.2) is 0 Å². The second-order valence-corrected chi connectivity index (χ2v) is 4.29. The summed E-state index contributed by atoms with van der Waals surface area (Å²) >= 11 is 0. The highest BCUT2D eigenvalue weighted by atomic mass is 16.5. The van der Waals surface area contributed by atoms with Crippen LogP contribution in [0.5, 0.6) is 11.8 Å². The fourth-order valence-corrected chi connectivity index (χ4v) is 2.05. The molecule has 0 amide bonds. The SMILES string of the molecule is COc1cc(OC)nc(NCC[C@@H]2CCCN2)n1. The largest absolute Gasteiger partial charge is 0.481 e. The van der Waals surface area contributed by atoms with E-state index >= 15 is 0 Å². The first kappa shape index (κ1) is 12.9. The summed E-state index contributed by atoms with van der Waals surface area (Å²) < 4.78 is 10.2. The van der Waals surface area contributed by atoms with E-state index in [0.29, 0.717) is 23.8 Å². The van der Waals surface area contributed by atoms with Gasteiger partial charge < -0.3 is 20.1 Å². The Balaban J connectivity index is 1.87. The summed E-state index contributed by atoms with van der Waals surface area (Å²) in [6.07, 6.45) is 3.60. The van der Waals surface area contributed by atoms with Crippen molar-refractivity contribution < 1.29 is 9.47 Å². The zero-order valence-corrected chi connectivity index (χ0v) is 10.9. The molecule has 6 heteroatoms. The molecule has 1 fully saturated rings. The van der Waals surface area contributed by atoms with Crippen LogP contribution in [-0.4, -0.2) is 43.3 Å². The maximum Gasteiger partial charge on any atom is 0.229 e. The van der Waals surface area contributed by atoms with Gasteiger partial charge in [-0.3, -0.25) is 0 Å². The maximum atomic E-state index is 5.09. The topological polar surface area (TPSA) is 68.3 Å². The van der Waals surface area contributed by atoms with Gasteiger partial charge in [0.25, 0.3) is 0 Å². The number of hydrogen-bond acceptors (Lipinski definition) is 6. The molecule has 1 aromatic rings. The summed E-state index contributed by atoms with van der Waals surface area (Å²) in [6, 6.07) is 2.27. The monoisotopic (exact) mass is 252 g/mol. The first-order valence-electron chi connectivity index (χ1n) is 6.26. The fourth-order valence-electron chi connectivity index (χ4n) is 2.05. The lowest BCUT2D eigenvalue weighted by Crippen LogP contribution is -2.24. The molecule has 2 rings (SSSR count). The number of rotatable bonds is 6. The van der Waals surface area contributed by atoms with E-state index in [1.54, 1.807) is 20.3 Å². The molecule has 0 bridgehead atoms. The molecule has 0 saturated carbocycles. The molecular formula is C12H20N4O2. The van der Waals surface area contributed by atoms with Crippen molar-refractivity contribution in [2.45, 2.75) is 25.3 Å². The van der Waals surface area contributed by atoms with Crippen LogP contribution in [-0.2, 0) is 0 Å². The molecule has 0 spiro atoms. The molecule has 18 heavy (non-hydrogen) atoms. The number of ether oxygens (including phenoxy) is 2. The number of anilines is 1. The lowest BCUT2D eigenvalue weighted by molar-refractivity contribution is 0.372. The minimum atomic E-state index is 0.503. The molecule has 100 valence electrons. The van der Waals surface area contributed by atoms with Crippen molar-refractivity contribution in [3.63, 3.8) is 0 Å². The van der Waals surface area contributed by atoms with Crippen molar-refractivity contribution in [3.8, 4) is 11.8 Å². The molecular weight excluding hydrogens is 232 g/mol. The van der Waals surface area contributed by atoms with Crippen LogP contribution in [0.4, 0.5) is 5.95 Å². The third-order valence-electron chi connectivity index (χ3n) is 3.04. The second-order valence-electron chi connectivity index (χ2n) is 4.29. The number of aromatic nitrogens is 2. The van der Waals surface area contributed by atoms with E-state index in [2.05, 4.69) is 20.6 Å². The summed E-state index contributed by atoms with van der Waals surface area (Å²) in [6.45, 7) is 1.97. The molecule has 0 radical (unpaired) electrons. The highest BCUT2D eigenvalue weighted by Gasteiger charge is 2.13. The van der Waals surface area contributed by atoms with E-state index in [4.69, 9.17) is 9.47 Å². The minimum absolute atomic E-state index is 0.503. The first-order chi connectivity index (χ1) is 8.81. The summed E-state index contributed by atoms with van der Waals surface area (Å²) in [5.41, 5.74) is 0. The molecule has 2 N–H and O–H groups in total. The third kappa shape index (κ3) is 3.46. The van der Waals surface area contributed by atoms with Crippen molar-refractivity contribution in [1.29, 1.82) is 0 Å². The Hall–Kier alpha value is -1.56. The van der Waals surface area contributed by atoms with Crippen LogP contribution in [0.15, 0.2) is 6.07 Å². The number of hydrogen-bond donors (Lipinski definition) is 2. The van der Waals surface area contributed by atoms with Crippen LogP contribution in [0.3, 0.4) is 0 Å². The summed E-state index contributed by atoms with van der Waals surface area (Å²) in [5, 5.41) is 6.66. The molecule has 0 unspecified atom stereocenters. The lowest BCUT2D eigenvalue weighted by atomic mass is 10.1. The molecule has 1 atom stereocenters. The van der Waals surface area contributed by atoms with Crippen molar-refractivity contribution in [3.05, 3.63) is 6.07 Å². The Morgan fingerprint density at radius 1 is 1.33 bits per heavy atom. The Labute approximate surface area is 107 Å². The third-order valence-corrected chi connectivity index (χ3v) is 3.04. The van der Waals surface area contributed by atoms with E-state index in [9.17, 15) is 0 Å². The minimum Gasteiger partial charge on any atom is -0.481 e. The van der Waals surface area contributed by atoms with Crippen LogP contribution >= 0.6 is 0 Å². The van der Waals surface area contributed by atoms with Gasteiger partial charge in [-0.05, 0) is 25.8 Å². The Kier molecular flexibility index (Phi) is 4.58. The molecule has 1 saturated heterocycles. The van der Waals surface area contributed by atoms with Crippen LogP contribution in [0.1, 0.15) is 19.3 Å². The fraction of sp³-hybridized carbons (Fsp3) is 0.667. The van der Waals surface area contributed by atoms with E-state index in [1.807, 2.05) is 0 Å². The average molecular weight is 252 g/mol. The van der Waals surface area contributed by atoms with Crippen LogP contribution in [0, 0.1) is 0 Å². The van der Waals surface area contributed by atoms with Crippen LogP contribution < -0.4 is 20.1 Å². The molecule has 1 aliphatic heterocycles. The highest BCUT2D eigenvalue weighted by molar-refractivity contribution is 5.33. The van der Waals surface area contributed by atoms with E-state index < -0.39 is 0 Å². The van der Waals surface area contributed by atoms with Gasteiger partial charge in [0, 0.05) is 12.6 Å².